The second-order valence-corrected chi connectivity index (χ2v) is 6.18. The molecule has 0 amide bonds. The summed E-state index contributed by atoms with van der Waals surface area (Å²) < 4.78 is 0. The maximum Gasteiger partial charge on any atom is 0.00243 e. The van der Waals surface area contributed by atoms with Crippen molar-refractivity contribution in [1.82, 2.24) is 4.90 Å². The van der Waals surface area contributed by atoms with Crippen molar-refractivity contribution in [3.63, 3.8) is 0 Å². The molecule has 1 aliphatic rings. The van der Waals surface area contributed by atoms with Gasteiger partial charge in [0, 0.05) is 6.54 Å². The molecular formula is C16H34N2. The van der Waals surface area contributed by atoms with Gasteiger partial charge >= 0.3 is 0 Å². The molecule has 0 saturated carbocycles. The summed E-state index contributed by atoms with van der Waals surface area (Å²) in [6, 6.07) is 0. The number of hydrogen-bond donors (Lipinski definition) is 1. The largest absolute Gasteiger partial charge is 0.330 e. The summed E-state index contributed by atoms with van der Waals surface area (Å²) >= 11 is 0. The van der Waals surface area contributed by atoms with Gasteiger partial charge in [-0.05, 0) is 44.3 Å². The Labute approximate surface area is 114 Å². The summed E-state index contributed by atoms with van der Waals surface area (Å²) in [5, 5.41) is 0. The third-order valence-electron chi connectivity index (χ3n) is 4.58. The number of unbranched alkanes of at least 4 members (excludes halogenated alkanes) is 6. The van der Waals surface area contributed by atoms with E-state index in [2.05, 4.69) is 18.7 Å². The number of nitrogens with zero attached hydrogens (tertiary/aromatic N) is 1. The minimum absolute atomic E-state index is 0.739. The average Bonchev–Trinajstić information content (AvgIpc) is 2.39. The number of nitrogens with two attached hydrogens (primary N) is 1. The van der Waals surface area contributed by atoms with Crippen molar-refractivity contribution in [2.24, 2.45) is 17.6 Å². The van der Waals surface area contributed by atoms with Gasteiger partial charge in [-0.25, -0.2) is 0 Å². The van der Waals surface area contributed by atoms with E-state index in [0.29, 0.717) is 0 Å². The van der Waals surface area contributed by atoms with Crippen molar-refractivity contribution in [2.45, 2.75) is 65.2 Å². The Morgan fingerprint density at radius 2 is 1.72 bits per heavy atom. The van der Waals surface area contributed by atoms with E-state index < -0.39 is 0 Å². The van der Waals surface area contributed by atoms with Crippen LogP contribution in [0.25, 0.3) is 0 Å². The Kier molecular flexibility index (Phi) is 8.70. The fourth-order valence-electron chi connectivity index (χ4n) is 3.03. The minimum Gasteiger partial charge on any atom is -0.330 e. The molecular weight excluding hydrogens is 220 g/mol. The first-order chi connectivity index (χ1) is 8.77. The van der Waals surface area contributed by atoms with Crippen molar-refractivity contribution in [2.75, 3.05) is 26.2 Å². The molecule has 0 aromatic rings. The lowest BCUT2D eigenvalue weighted by Crippen LogP contribution is -2.42. The quantitative estimate of drug-likeness (QED) is 0.636. The van der Waals surface area contributed by atoms with Gasteiger partial charge in [0.15, 0.2) is 0 Å². The highest BCUT2D eigenvalue weighted by Crippen LogP contribution is 2.22. The fraction of sp³-hybridized carbons (Fsp3) is 1.00. The molecule has 0 aromatic heterocycles. The molecule has 108 valence electrons. The van der Waals surface area contributed by atoms with Crippen LogP contribution in [0.2, 0.25) is 0 Å². The first kappa shape index (κ1) is 16.0. The molecule has 2 unspecified atom stereocenters. The standard InChI is InChI=1S/C16H34N2/c1-3-4-5-6-7-8-9-11-18-12-10-15(2)16(13-17)14-18/h15-16H,3-14,17H2,1-2H3. The van der Waals surface area contributed by atoms with Crippen LogP contribution in [0, 0.1) is 11.8 Å². The molecule has 0 radical (unpaired) electrons. The zero-order valence-electron chi connectivity index (χ0n) is 12.7. The third-order valence-corrected chi connectivity index (χ3v) is 4.58. The van der Waals surface area contributed by atoms with Crippen molar-refractivity contribution in [3.05, 3.63) is 0 Å². The van der Waals surface area contributed by atoms with E-state index in [1.54, 1.807) is 0 Å². The molecule has 1 aliphatic heterocycles. The Bertz CT molecular complexity index is 194. The van der Waals surface area contributed by atoms with Crippen molar-refractivity contribution >= 4 is 0 Å². The second kappa shape index (κ2) is 9.80. The van der Waals surface area contributed by atoms with Crippen LogP contribution in [-0.2, 0) is 0 Å². The van der Waals surface area contributed by atoms with Crippen LogP contribution < -0.4 is 5.73 Å². The third kappa shape index (κ3) is 6.19. The van der Waals surface area contributed by atoms with Crippen LogP contribution in [0.5, 0.6) is 0 Å². The van der Waals surface area contributed by atoms with E-state index in [0.717, 1.165) is 18.4 Å². The van der Waals surface area contributed by atoms with Gasteiger partial charge in [-0.3, -0.25) is 0 Å². The number of rotatable bonds is 9. The SMILES string of the molecule is CCCCCCCCCN1CCC(C)C(CN)C1. The molecule has 1 rings (SSSR count). The molecule has 2 heteroatoms. The molecule has 0 aliphatic carbocycles. The summed E-state index contributed by atoms with van der Waals surface area (Å²) in [6.45, 7) is 9.36. The smallest absolute Gasteiger partial charge is 0.00243 e. The van der Waals surface area contributed by atoms with Crippen molar-refractivity contribution < 1.29 is 0 Å². The Morgan fingerprint density at radius 1 is 1.06 bits per heavy atom. The summed E-state index contributed by atoms with van der Waals surface area (Å²) in [6.07, 6.45) is 11.2. The number of likely N-dealkylation sites (tertiary alicyclic amines) is 1. The molecule has 18 heavy (non-hydrogen) atoms. The number of hydrogen-bond acceptors (Lipinski definition) is 2. The van der Waals surface area contributed by atoms with Crippen LogP contribution in [0.15, 0.2) is 0 Å². The average molecular weight is 254 g/mol. The van der Waals surface area contributed by atoms with Gasteiger partial charge in [0.1, 0.15) is 0 Å². The topological polar surface area (TPSA) is 29.3 Å². The van der Waals surface area contributed by atoms with Gasteiger partial charge in [-0.1, -0.05) is 52.4 Å². The molecule has 2 N–H and O–H groups in total. The summed E-state index contributed by atoms with van der Waals surface area (Å²) in [5.74, 6) is 1.57. The van der Waals surface area contributed by atoms with Crippen LogP contribution in [0.1, 0.15) is 65.2 Å². The highest BCUT2D eigenvalue weighted by atomic mass is 15.1. The highest BCUT2D eigenvalue weighted by molar-refractivity contribution is 4.78. The van der Waals surface area contributed by atoms with Crippen LogP contribution in [0.3, 0.4) is 0 Å². The van der Waals surface area contributed by atoms with Gasteiger partial charge in [-0.15, -0.1) is 0 Å². The Balaban J connectivity index is 1.99. The maximum atomic E-state index is 5.85. The maximum absolute atomic E-state index is 5.85. The molecule has 0 spiro atoms. The van der Waals surface area contributed by atoms with Gasteiger partial charge in [0.25, 0.3) is 0 Å². The minimum atomic E-state index is 0.739. The van der Waals surface area contributed by atoms with Crippen molar-refractivity contribution in [3.8, 4) is 0 Å². The Morgan fingerprint density at radius 3 is 2.39 bits per heavy atom. The molecule has 2 atom stereocenters. The molecule has 1 saturated heterocycles. The summed E-state index contributed by atoms with van der Waals surface area (Å²) in [4.78, 5) is 2.64. The van der Waals surface area contributed by atoms with E-state index in [1.165, 1.54) is 71.0 Å². The van der Waals surface area contributed by atoms with Crippen LogP contribution in [0.4, 0.5) is 0 Å². The molecule has 0 bridgehead atoms. The number of piperidine rings is 1. The lowest BCUT2D eigenvalue weighted by atomic mass is 9.87. The molecule has 1 heterocycles. The predicted molar refractivity (Wildman–Crippen MR) is 80.8 cm³/mol. The van der Waals surface area contributed by atoms with E-state index in [4.69, 9.17) is 5.73 Å². The van der Waals surface area contributed by atoms with Crippen LogP contribution >= 0.6 is 0 Å². The highest BCUT2D eigenvalue weighted by Gasteiger charge is 2.24. The predicted octanol–water partition coefficient (Wildman–Crippen LogP) is 3.65. The second-order valence-electron chi connectivity index (χ2n) is 6.18. The zero-order valence-corrected chi connectivity index (χ0v) is 12.7. The van der Waals surface area contributed by atoms with E-state index >= 15 is 0 Å². The summed E-state index contributed by atoms with van der Waals surface area (Å²) in [7, 11) is 0. The Hall–Kier alpha value is -0.0800. The van der Waals surface area contributed by atoms with E-state index in [-0.39, 0.29) is 0 Å². The fourth-order valence-corrected chi connectivity index (χ4v) is 3.03. The van der Waals surface area contributed by atoms with E-state index in [9.17, 15) is 0 Å². The monoisotopic (exact) mass is 254 g/mol. The van der Waals surface area contributed by atoms with Gasteiger partial charge < -0.3 is 10.6 Å². The van der Waals surface area contributed by atoms with Gasteiger partial charge in [0.2, 0.25) is 0 Å². The van der Waals surface area contributed by atoms with Gasteiger partial charge in [0.05, 0.1) is 0 Å². The lowest BCUT2D eigenvalue weighted by molar-refractivity contribution is 0.130. The first-order valence-corrected chi connectivity index (χ1v) is 8.20. The molecule has 1 fully saturated rings. The van der Waals surface area contributed by atoms with E-state index in [1.807, 2.05) is 0 Å². The van der Waals surface area contributed by atoms with Crippen molar-refractivity contribution in [1.29, 1.82) is 0 Å². The summed E-state index contributed by atoms with van der Waals surface area (Å²) in [5.41, 5.74) is 5.85. The van der Waals surface area contributed by atoms with Gasteiger partial charge in [-0.2, -0.15) is 0 Å². The zero-order chi connectivity index (χ0) is 13.2. The molecule has 0 aromatic carbocycles. The molecule has 2 nitrogen and oxygen atoms in total. The van der Waals surface area contributed by atoms with Crippen LogP contribution in [-0.4, -0.2) is 31.1 Å². The first-order valence-electron chi connectivity index (χ1n) is 8.20. The normalized spacial score (nSPS) is 25.5. The lowest BCUT2D eigenvalue weighted by Gasteiger charge is -2.36.